The number of ether oxygens (including phenoxy) is 1. The Kier molecular flexibility index (Phi) is 6.86. The summed E-state index contributed by atoms with van der Waals surface area (Å²) < 4.78 is 6.69. The minimum Gasteiger partial charge on any atom is -0.455 e. The lowest BCUT2D eigenvalue weighted by Gasteiger charge is -2.61. The average Bonchev–Trinajstić information content (AvgIpc) is 2.77. The first kappa shape index (κ1) is 25.9. The van der Waals surface area contributed by atoms with E-state index in [-0.39, 0.29) is 27.5 Å². The number of benzene rings is 2. The van der Waals surface area contributed by atoms with Gasteiger partial charge in [-0.05, 0) is 110 Å². The zero-order valence-corrected chi connectivity index (χ0v) is 24.3. The van der Waals surface area contributed by atoms with Gasteiger partial charge in [0.05, 0.1) is 10.9 Å². The molecule has 4 fully saturated rings. The first-order valence-corrected chi connectivity index (χ1v) is 15.4. The van der Waals surface area contributed by atoms with Crippen LogP contribution in [0, 0.1) is 50.9 Å². The second-order valence-corrected chi connectivity index (χ2v) is 15.0. The largest absolute Gasteiger partial charge is 0.455 e. The molecule has 0 spiro atoms. The van der Waals surface area contributed by atoms with Gasteiger partial charge >= 0.3 is 5.97 Å². The van der Waals surface area contributed by atoms with Crippen molar-refractivity contribution in [3.8, 4) is 0 Å². The fourth-order valence-electron chi connectivity index (χ4n) is 8.22. The molecule has 0 radical (unpaired) electrons. The molecule has 2 aromatic rings. The van der Waals surface area contributed by atoms with Crippen LogP contribution in [0.25, 0.3) is 0 Å². The highest BCUT2D eigenvalue weighted by Crippen LogP contribution is 2.64. The van der Waals surface area contributed by atoms with E-state index < -0.39 is 5.60 Å². The molecule has 3 heteroatoms. The van der Waals surface area contributed by atoms with Crippen molar-refractivity contribution in [1.29, 1.82) is 0 Å². The van der Waals surface area contributed by atoms with Gasteiger partial charge in [-0.15, -0.1) is 0 Å². The van der Waals surface area contributed by atoms with Crippen LogP contribution in [0.1, 0.15) is 88.0 Å². The van der Waals surface area contributed by atoms with Crippen molar-refractivity contribution in [3.63, 3.8) is 0 Å². The van der Waals surface area contributed by atoms with Gasteiger partial charge in [0.1, 0.15) is 5.60 Å². The highest BCUT2D eigenvalue weighted by atomic mass is 32.2. The second-order valence-electron chi connectivity index (χ2n) is 12.9. The summed E-state index contributed by atoms with van der Waals surface area (Å²) in [5, 5.41) is -0.180. The van der Waals surface area contributed by atoms with Crippen LogP contribution in [0.2, 0.25) is 0 Å². The molecule has 0 aliphatic heterocycles. The molecule has 0 saturated heterocycles. The Morgan fingerprint density at radius 2 is 1.33 bits per heavy atom. The Labute approximate surface area is 222 Å². The topological polar surface area (TPSA) is 26.3 Å². The van der Waals surface area contributed by atoms with Gasteiger partial charge in [0.25, 0.3) is 0 Å². The first-order chi connectivity index (χ1) is 17.0. The minimum atomic E-state index is -0.423. The predicted molar refractivity (Wildman–Crippen MR) is 151 cm³/mol. The third kappa shape index (κ3) is 4.55. The van der Waals surface area contributed by atoms with Gasteiger partial charge < -0.3 is 4.74 Å². The van der Waals surface area contributed by atoms with Gasteiger partial charge in [-0.3, -0.25) is 0 Å². The van der Waals surface area contributed by atoms with E-state index in [2.05, 4.69) is 84.9 Å². The van der Waals surface area contributed by atoms with Gasteiger partial charge in [-0.1, -0.05) is 42.3 Å². The van der Waals surface area contributed by atoms with E-state index in [0.717, 1.165) is 24.2 Å². The fourth-order valence-corrected chi connectivity index (χ4v) is 10.9. The lowest BCUT2D eigenvalue weighted by atomic mass is 9.46. The van der Waals surface area contributed by atoms with Crippen molar-refractivity contribution in [3.05, 3.63) is 58.7 Å². The van der Waals surface area contributed by atoms with Crippen LogP contribution in [-0.2, 0) is 20.4 Å². The maximum atomic E-state index is 14.2. The van der Waals surface area contributed by atoms with E-state index in [4.69, 9.17) is 4.74 Å². The standard InChI is InChI=1S/C33H45O2S/c1-8-28(31(34)35-32(6,7)33-18-25-15-26(19-33)17-27(16-25)20-33)36(29-11-9-21(2)13-23(29)4)30-12-10-22(3)14-24(30)5/h9-14,25-28H,8,15-20H2,1-7H3/q+1. The van der Waals surface area contributed by atoms with Gasteiger partial charge in [-0.25, -0.2) is 4.79 Å². The number of aryl methyl sites for hydroxylation is 4. The number of hydrogen-bond acceptors (Lipinski definition) is 2. The Bertz CT molecular complexity index is 1060. The van der Waals surface area contributed by atoms with Crippen LogP contribution in [0.15, 0.2) is 46.2 Å². The van der Waals surface area contributed by atoms with Gasteiger partial charge in [-0.2, -0.15) is 0 Å². The van der Waals surface area contributed by atoms with E-state index in [1.54, 1.807) is 0 Å². The molecule has 36 heavy (non-hydrogen) atoms. The Hall–Kier alpha value is -1.74. The number of carbonyl (C=O) groups excluding carboxylic acids is 1. The monoisotopic (exact) mass is 505 g/mol. The molecule has 4 aliphatic carbocycles. The molecule has 0 N–H and O–H groups in total. The zero-order chi connectivity index (χ0) is 25.8. The average molecular weight is 506 g/mol. The molecule has 4 aliphatic rings. The molecular formula is C33H45O2S+. The second kappa shape index (κ2) is 9.53. The van der Waals surface area contributed by atoms with Crippen LogP contribution < -0.4 is 0 Å². The highest BCUT2D eigenvalue weighted by molar-refractivity contribution is 7.98. The van der Waals surface area contributed by atoms with Crippen LogP contribution >= 0.6 is 0 Å². The molecular weight excluding hydrogens is 460 g/mol. The highest BCUT2D eigenvalue weighted by Gasteiger charge is 2.59. The summed E-state index contributed by atoms with van der Waals surface area (Å²) in [5.74, 6) is 2.53. The lowest BCUT2D eigenvalue weighted by molar-refractivity contribution is -0.198. The quantitative estimate of drug-likeness (QED) is 0.279. The van der Waals surface area contributed by atoms with E-state index in [0.29, 0.717) is 0 Å². The smallest absolute Gasteiger partial charge is 0.360 e. The summed E-state index contributed by atoms with van der Waals surface area (Å²) in [7, 11) is -0.380. The van der Waals surface area contributed by atoms with E-state index in [9.17, 15) is 4.79 Å². The Morgan fingerprint density at radius 1 is 0.889 bits per heavy atom. The van der Waals surface area contributed by atoms with Crippen molar-refractivity contribution in [1.82, 2.24) is 0 Å². The van der Waals surface area contributed by atoms with Crippen molar-refractivity contribution in [2.75, 3.05) is 0 Å². The SMILES string of the molecule is CCC(C(=O)OC(C)(C)C12CC3CC(CC(C3)C1)C2)[S+](c1ccc(C)cc1C)c1ccc(C)cc1C. The molecule has 194 valence electrons. The molecule has 2 aromatic carbocycles. The van der Waals surface area contributed by atoms with Crippen LogP contribution in [-0.4, -0.2) is 16.8 Å². The van der Waals surface area contributed by atoms with Gasteiger partial charge in [0.2, 0.25) is 5.25 Å². The molecule has 6 rings (SSSR count). The fraction of sp³-hybridized carbons (Fsp3) is 0.606. The summed E-state index contributed by atoms with van der Waals surface area (Å²) in [4.78, 5) is 16.8. The number of esters is 1. The summed E-state index contributed by atoms with van der Waals surface area (Å²) in [6, 6.07) is 13.4. The Balaban J connectivity index is 1.49. The van der Waals surface area contributed by atoms with Crippen molar-refractivity contribution >= 4 is 16.9 Å². The molecule has 0 aromatic heterocycles. The number of carbonyl (C=O) groups is 1. The molecule has 0 heterocycles. The zero-order valence-electron chi connectivity index (χ0n) is 23.4. The number of rotatable bonds is 7. The summed E-state index contributed by atoms with van der Waals surface area (Å²) >= 11 is 0. The molecule has 1 atom stereocenters. The van der Waals surface area contributed by atoms with Crippen molar-refractivity contribution < 1.29 is 9.53 Å². The molecule has 0 amide bonds. The minimum absolute atomic E-state index is 0.00142. The number of hydrogen-bond donors (Lipinski definition) is 0. The predicted octanol–water partition coefficient (Wildman–Crippen LogP) is 8.27. The molecule has 4 bridgehead atoms. The normalized spacial score (nSPS) is 27.9. The summed E-state index contributed by atoms with van der Waals surface area (Å²) in [5.41, 5.74) is 4.80. The van der Waals surface area contributed by atoms with Crippen LogP contribution in [0.5, 0.6) is 0 Å². The lowest BCUT2D eigenvalue weighted by Crippen LogP contribution is -2.58. The van der Waals surface area contributed by atoms with Gasteiger partial charge in [0.15, 0.2) is 9.79 Å². The summed E-state index contributed by atoms with van der Waals surface area (Å²) in [6.45, 7) is 15.3. The van der Waals surface area contributed by atoms with Crippen LogP contribution in [0.4, 0.5) is 0 Å². The Morgan fingerprint density at radius 3 is 1.72 bits per heavy atom. The van der Waals surface area contributed by atoms with Crippen LogP contribution in [0.3, 0.4) is 0 Å². The first-order valence-electron chi connectivity index (χ1n) is 14.1. The maximum Gasteiger partial charge on any atom is 0.360 e. The molecule has 4 saturated carbocycles. The van der Waals surface area contributed by atoms with E-state index in [1.165, 1.54) is 70.6 Å². The van der Waals surface area contributed by atoms with Gasteiger partial charge in [0, 0.05) is 23.0 Å². The maximum absolute atomic E-state index is 14.2. The van der Waals surface area contributed by atoms with Crippen molar-refractivity contribution in [2.45, 2.75) is 114 Å². The summed E-state index contributed by atoms with van der Waals surface area (Å²) in [6.07, 6.45) is 8.73. The van der Waals surface area contributed by atoms with E-state index in [1.807, 2.05) is 0 Å². The molecule has 2 nitrogen and oxygen atoms in total. The van der Waals surface area contributed by atoms with Crippen molar-refractivity contribution in [2.24, 2.45) is 23.2 Å². The van der Waals surface area contributed by atoms with E-state index >= 15 is 0 Å². The molecule has 1 unspecified atom stereocenters. The third-order valence-electron chi connectivity index (χ3n) is 9.72. The third-order valence-corrected chi connectivity index (χ3v) is 12.7.